The van der Waals surface area contributed by atoms with Crippen molar-refractivity contribution < 1.29 is 5.11 Å². The molecular weight excluding hydrogens is 228 g/mol. The van der Waals surface area contributed by atoms with Crippen LogP contribution in [0.2, 0.25) is 0 Å². The van der Waals surface area contributed by atoms with E-state index in [0.29, 0.717) is 5.82 Å². The quantitative estimate of drug-likeness (QED) is 0.851. The zero-order chi connectivity index (χ0) is 13.1. The zero-order valence-corrected chi connectivity index (χ0v) is 11.1. The van der Waals surface area contributed by atoms with Crippen LogP contribution in [0.15, 0.2) is 6.07 Å². The van der Waals surface area contributed by atoms with Crippen molar-refractivity contribution in [1.29, 1.82) is 0 Å². The Labute approximate surface area is 108 Å². The van der Waals surface area contributed by atoms with Crippen LogP contribution in [0.1, 0.15) is 44.9 Å². The fourth-order valence-electron chi connectivity index (χ4n) is 2.37. The molecule has 18 heavy (non-hydrogen) atoms. The molecule has 1 aromatic heterocycles. The molecule has 0 aromatic carbocycles. The van der Waals surface area contributed by atoms with Crippen LogP contribution >= 0.6 is 0 Å². The summed E-state index contributed by atoms with van der Waals surface area (Å²) in [6, 6.07) is 1.97. The second-order valence-corrected chi connectivity index (χ2v) is 5.19. The van der Waals surface area contributed by atoms with Gasteiger partial charge in [0.1, 0.15) is 17.5 Å². The first-order valence-electron chi connectivity index (χ1n) is 6.63. The van der Waals surface area contributed by atoms with Crippen molar-refractivity contribution in [3.05, 3.63) is 11.9 Å². The highest BCUT2D eigenvalue weighted by atomic mass is 16.3. The predicted octanol–water partition coefficient (Wildman–Crippen LogP) is 1.53. The average molecular weight is 250 g/mol. The van der Waals surface area contributed by atoms with Crippen LogP contribution in [0.3, 0.4) is 0 Å². The fraction of sp³-hybridized carbons (Fsp3) is 0.692. The summed E-state index contributed by atoms with van der Waals surface area (Å²) in [6.45, 7) is 5.21. The van der Waals surface area contributed by atoms with Gasteiger partial charge in [-0.3, -0.25) is 0 Å². The van der Waals surface area contributed by atoms with Gasteiger partial charge in [-0.2, -0.15) is 0 Å². The molecule has 0 spiro atoms. The minimum absolute atomic E-state index is 0.160. The first-order valence-corrected chi connectivity index (χ1v) is 6.63. The second kappa shape index (κ2) is 5.52. The Morgan fingerprint density at radius 1 is 1.44 bits per heavy atom. The van der Waals surface area contributed by atoms with Gasteiger partial charge in [0.25, 0.3) is 0 Å². The van der Waals surface area contributed by atoms with Crippen molar-refractivity contribution >= 4 is 11.6 Å². The van der Waals surface area contributed by atoms with Crippen molar-refractivity contribution in [1.82, 2.24) is 9.97 Å². The highest BCUT2D eigenvalue weighted by molar-refractivity contribution is 5.48. The molecular formula is C13H22N4O. The van der Waals surface area contributed by atoms with Gasteiger partial charge in [0.15, 0.2) is 0 Å². The zero-order valence-electron chi connectivity index (χ0n) is 11.1. The van der Waals surface area contributed by atoms with Crippen LogP contribution in [0.5, 0.6) is 0 Å². The smallest absolute Gasteiger partial charge is 0.135 e. The Balaban J connectivity index is 2.30. The first kappa shape index (κ1) is 13.1. The highest BCUT2D eigenvalue weighted by Gasteiger charge is 2.23. The standard InChI is InChI=1S/C13H22N4O/c1-9(2)13-15-11(14)7-12(16-13)17-6-4-3-5-10(17)8-18/h7,9-10,18H,3-6,8H2,1-2H3,(H2,14,15,16). The molecule has 5 nitrogen and oxygen atoms in total. The van der Waals surface area contributed by atoms with E-state index < -0.39 is 0 Å². The van der Waals surface area contributed by atoms with Gasteiger partial charge in [-0.15, -0.1) is 0 Å². The van der Waals surface area contributed by atoms with E-state index in [2.05, 4.69) is 28.7 Å². The molecule has 1 fully saturated rings. The van der Waals surface area contributed by atoms with Crippen LogP contribution < -0.4 is 10.6 Å². The number of aromatic nitrogens is 2. The van der Waals surface area contributed by atoms with Gasteiger partial charge in [0.2, 0.25) is 0 Å². The van der Waals surface area contributed by atoms with Gasteiger partial charge in [-0.25, -0.2) is 9.97 Å². The molecule has 0 saturated carbocycles. The van der Waals surface area contributed by atoms with Gasteiger partial charge in [0, 0.05) is 18.5 Å². The Morgan fingerprint density at radius 3 is 2.89 bits per heavy atom. The van der Waals surface area contributed by atoms with Gasteiger partial charge < -0.3 is 15.7 Å². The first-order chi connectivity index (χ1) is 8.61. The molecule has 5 heteroatoms. The number of hydrogen-bond donors (Lipinski definition) is 2. The van der Waals surface area contributed by atoms with Crippen molar-refractivity contribution in [2.45, 2.75) is 45.1 Å². The van der Waals surface area contributed by atoms with Crippen molar-refractivity contribution in [2.75, 3.05) is 23.8 Å². The number of rotatable bonds is 3. The van der Waals surface area contributed by atoms with Crippen molar-refractivity contribution in [2.24, 2.45) is 0 Å². The molecule has 100 valence electrons. The maximum absolute atomic E-state index is 9.45. The van der Waals surface area contributed by atoms with E-state index in [1.165, 1.54) is 6.42 Å². The maximum atomic E-state index is 9.45. The lowest BCUT2D eigenvalue weighted by Crippen LogP contribution is -2.42. The lowest BCUT2D eigenvalue weighted by Gasteiger charge is -2.35. The molecule has 2 heterocycles. The Kier molecular flexibility index (Phi) is 4.01. The molecule has 1 saturated heterocycles. The van der Waals surface area contributed by atoms with Gasteiger partial charge in [0.05, 0.1) is 12.6 Å². The van der Waals surface area contributed by atoms with E-state index in [0.717, 1.165) is 31.0 Å². The van der Waals surface area contributed by atoms with E-state index >= 15 is 0 Å². The third kappa shape index (κ3) is 2.72. The Morgan fingerprint density at radius 2 is 2.22 bits per heavy atom. The number of anilines is 2. The Bertz CT molecular complexity index is 408. The third-order valence-corrected chi connectivity index (χ3v) is 3.40. The van der Waals surface area contributed by atoms with Crippen LogP contribution in [-0.2, 0) is 0 Å². The minimum Gasteiger partial charge on any atom is -0.394 e. The summed E-state index contributed by atoms with van der Waals surface area (Å²) in [6.07, 6.45) is 3.31. The maximum Gasteiger partial charge on any atom is 0.135 e. The topological polar surface area (TPSA) is 75.3 Å². The molecule has 2 rings (SSSR count). The lowest BCUT2D eigenvalue weighted by atomic mass is 10.0. The normalized spacial score (nSPS) is 20.4. The molecule has 0 bridgehead atoms. The summed E-state index contributed by atoms with van der Waals surface area (Å²) >= 11 is 0. The number of aliphatic hydroxyl groups is 1. The van der Waals surface area contributed by atoms with Crippen LogP contribution in [0.25, 0.3) is 0 Å². The number of hydrogen-bond acceptors (Lipinski definition) is 5. The molecule has 0 amide bonds. The summed E-state index contributed by atoms with van der Waals surface area (Å²) in [7, 11) is 0. The number of nitrogens with zero attached hydrogens (tertiary/aromatic N) is 3. The van der Waals surface area contributed by atoms with Gasteiger partial charge >= 0.3 is 0 Å². The lowest BCUT2D eigenvalue weighted by molar-refractivity contribution is 0.239. The van der Waals surface area contributed by atoms with E-state index in [1.807, 2.05) is 0 Å². The molecule has 1 unspecified atom stereocenters. The largest absolute Gasteiger partial charge is 0.394 e. The van der Waals surface area contributed by atoms with E-state index in [4.69, 9.17) is 5.73 Å². The van der Waals surface area contributed by atoms with Gasteiger partial charge in [-0.05, 0) is 19.3 Å². The second-order valence-electron chi connectivity index (χ2n) is 5.19. The predicted molar refractivity (Wildman–Crippen MR) is 72.6 cm³/mol. The van der Waals surface area contributed by atoms with Crippen LogP contribution in [0, 0.1) is 0 Å². The summed E-state index contributed by atoms with van der Waals surface area (Å²) in [5, 5.41) is 9.45. The number of nitrogen functional groups attached to an aromatic ring is 1. The van der Waals surface area contributed by atoms with E-state index in [9.17, 15) is 5.11 Å². The molecule has 1 aliphatic heterocycles. The van der Waals surface area contributed by atoms with Crippen molar-refractivity contribution in [3.63, 3.8) is 0 Å². The molecule has 3 N–H and O–H groups in total. The van der Waals surface area contributed by atoms with E-state index in [-0.39, 0.29) is 18.6 Å². The highest BCUT2D eigenvalue weighted by Crippen LogP contribution is 2.25. The molecule has 0 aliphatic carbocycles. The van der Waals surface area contributed by atoms with Crippen LogP contribution in [0.4, 0.5) is 11.6 Å². The monoisotopic (exact) mass is 250 g/mol. The fourth-order valence-corrected chi connectivity index (χ4v) is 2.37. The minimum atomic E-state index is 0.160. The average Bonchev–Trinajstić information content (AvgIpc) is 2.38. The Hall–Kier alpha value is -1.36. The van der Waals surface area contributed by atoms with Crippen molar-refractivity contribution in [3.8, 4) is 0 Å². The van der Waals surface area contributed by atoms with Gasteiger partial charge in [-0.1, -0.05) is 13.8 Å². The molecule has 1 atom stereocenters. The summed E-state index contributed by atoms with van der Waals surface area (Å²) < 4.78 is 0. The molecule has 1 aromatic rings. The molecule has 0 radical (unpaired) electrons. The number of piperidine rings is 1. The SMILES string of the molecule is CC(C)c1nc(N)cc(N2CCCCC2CO)n1. The number of nitrogens with two attached hydrogens (primary N) is 1. The summed E-state index contributed by atoms with van der Waals surface area (Å²) in [5.74, 6) is 2.38. The molecule has 1 aliphatic rings. The van der Waals surface area contributed by atoms with Crippen LogP contribution in [-0.4, -0.2) is 34.3 Å². The third-order valence-electron chi connectivity index (χ3n) is 3.40. The summed E-state index contributed by atoms with van der Waals surface area (Å²) in [4.78, 5) is 11.0. The summed E-state index contributed by atoms with van der Waals surface area (Å²) in [5.41, 5.74) is 5.85. The number of aliphatic hydroxyl groups excluding tert-OH is 1. The van der Waals surface area contributed by atoms with E-state index in [1.54, 1.807) is 6.07 Å².